The molecule has 2 unspecified atom stereocenters. The number of anilines is 1. The lowest BCUT2D eigenvalue weighted by Crippen LogP contribution is -2.28. The molecule has 3 aliphatic rings. The molecule has 0 spiro atoms. The number of hydrogen-bond donors (Lipinski definition) is 0. The lowest BCUT2D eigenvalue weighted by molar-refractivity contribution is 0.694. The highest BCUT2D eigenvalue weighted by Crippen LogP contribution is 2.44. The summed E-state index contributed by atoms with van der Waals surface area (Å²) in [6.45, 7) is 3.43. The largest absolute Gasteiger partial charge is 0.353 e. The van der Waals surface area contributed by atoms with Crippen molar-refractivity contribution in [3.8, 4) is 0 Å². The SMILES string of the molecule is CC1CC(c2ccccc2)CN1c1cc(C2CC2)nc(C2CC2)n1. The van der Waals surface area contributed by atoms with Crippen LogP contribution in [-0.4, -0.2) is 22.6 Å². The average Bonchev–Trinajstić information content (AvgIpc) is 3.52. The summed E-state index contributed by atoms with van der Waals surface area (Å²) in [5.41, 5.74) is 2.77. The normalized spacial score (nSPS) is 26.8. The first kappa shape index (κ1) is 14.4. The van der Waals surface area contributed by atoms with Crippen LogP contribution in [0.3, 0.4) is 0 Å². The monoisotopic (exact) mass is 319 g/mol. The van der Waals surface area contributed by atoms with Crippen molar-refractivity contribution in [1.82, 2.24) is 9.97 Å². The molecular weight excluding hydrogens is 294 g/mol. The van der Waals surface area contributed by atoms with Crippen LogP contribution in [0.4, 0.5) is 5.82 Å². The van der Waals surface area contributed by atoms with Crippen LogP contribution < -0.4 is 4.90 Å². The van der Waals surface area contributed by atoms with Gasteiger partial charge in [-0.25, -0.2) is 9.97 Å². The molecule has 0 radical (unpaired) electrons. The van der Waals surface area contributed by atoms with Gasteiger partial charge in [-0.3, -0.25) is 0 Å². The van der Waals surface area contributed by atoms with Gasteiger partial charge in [0.2, 0.25) is 0 Å². The number of nitrogens with zero attached hydrogens (tertiary/aromatic N) is 3. The lowest BCUT2D eigenvalue weighted by atomic mass is 9.97. The maximum absolute atomic E-state index is 4.98. The van der Waals surface area contributed by atoms with E-state index in [1.54, 1.807) is 0 Å². The minimum atomic E-state index is 0.546. The van der Waals surface area contributed by atoms with E-state index in [0.29, 0.717) is 23.8 Å². The van der Waals surface area contributed by atoms with Crippen LogP contribution in [0.15, 0.2) is 36.4 Å². The first-order chi connectivity index (χ1) is 11.8. The van der Waals surface area contributed by atoms with E-state index in [4.69, 9.17) is 9.97 Å². The minimum absolute atomic E-state index is 0.546. The molecule has 2 aliphatic carbocycles. The summed E-state index contributed by atoms with van der Waals surface area (Å²) in [5, 5.41) is 0. The van der Waals surface area contributed by atoms with Gasteiger partial charge in [0, 0.05) is 42.1 Å². The van der Waals surface area contributed by atoms with Crippen LogP contribution in [0.2, 0.25) is 0 Å². The van der Waals surface area contributed by atoms with Gasteiger partial charge >= 0.3 is 0 Å². The fourth-order valence-corrected chi connectivity index (χ4v) is 4.05. The van der Waals surface area contributed by atoms with Crippen LogP contribution in [0.5, 0.6) is 0 Å². The van der Waals surface area contributed by atoms with E-state index < -0.39 is 0 Å². The van der Waals surface area contributed by atoms with Crippen molar-refractivity contribution < 1.29 is 0 Å². The maximum atomic E-state index is 4.98. The third-order valence-electron chi connectivity index (χ3n) is 5.83. The second-order valence-electron chi connectivity index (χ2n) is 7.90. The van der Waals surface area contributed by atoms with Crippen LogP contribution in [0, 0.1) is 0 Å². The van der Waals surface area contributed by atoms with Gasteiger partial charge in [0.1, 0.15) is 11.6 Å². The van der Waals surface area contributed by atoms with Crippen molar-refractivity contribution >= 4 is 5.82 Å². The predicted molar refractivity (Wildman–Crippen MR) is 96.6 cm³/mol. The number of benzene rings is 1. The van der Waals surface area contributed by atoms with Crippen molar-refractivity contribution in [2.24, 2.45) is 0 Å². The van der Waals surface area contributed by atoms with E-state index in [9.17, 15) is 0 Å². The highest BCUT2D eigenvalue weighted by molar-refractivity contribution is 5.46. The molecule has 1 saturated heterocycles. The smallest absolute Gasteiger partial charge is 0.134 e. The zero-order valence-electron chi connectivity index (χ0n) is 14.4. The lowest BCUT2D eigenvalue weighted by Gasteiger charge is -2.23. The van der Waals surface area contributed by atoms with Crippen molar-refractivity contribution in [2.75, 3.05) is 11.4 Å². The van der Waals surface area contributed by atoms with E-state index in [1.807, 2.05) is 0 Å². The standard InChI is InChI=1S/C21H25N3/c1-14-11-18(15-5-3-2-4-6-15)13-24(14)20-12-19(16-7-8-16)22-21(23-20)17-9-10-17/h2-6,12,14,16-18H,7-11,13H2,1H3. The summed E-state index contributed by atoms with van der Waals surface area (Å²) in [7, 11) is 0. The van der Waals surface area contributed by atoms with E-state index in [0.717, 1.165) is 12.4 Å². The first-order valence-corrected chi connectivity index (χ1v) is 9.48. The zero-order valence-corrected chi connectivity index (χ0v) is 14.4. The molecule has 2 aromatic rings. The minimum Gasteiger partial charge on any atom is -0.353 e. The molecule has 3 heteroatoms. The molecular formula is C21H25N3. The molecule has 3 fully saturated rings. The highest BCUT2D eigenvalue weighted by Gasteiger charge is 2.35. The Balaban J connectivity index is 1.45. The second kappa shape index (κ2) is 5.58. The molecule has 124 valence electrons. The summed E-state index contributed by atoms with van der Waals surface area (Å²) in [5.74, 6) is 4.24. The fourth-order valence-electron chi connectivity index (χ4n) is 4.05. The molecule has 2 heterocycles. The Morgan fingerprint density at radius 2 is 1.67 bits per heavy atom. The summed E-state index contributed by atoms with van der Waals surface area (Å²) < 4.78 is 0. The first-order valence-electron chi connectivity index (χ1n) is 9.48. The Labute approximate surface area is 144 Å². The molecule has 3 nitrogen and oxygen atoms in total. The molecule has 2 saturated carbocycles. The summed E-state index contributed by atoms with van der Waals surface area (Å²) in [6.07, 6.45) is 6.38. The topological polar surface area (TPSA) is 29.0 Å². The van der Waals surface area contributed by atoms with Gasteiger partial charge in [0.05, 0.1) is 0 Å². The molecule has 1 aromatic carbocycles. The van der Waals surface area contributed by atoms with Gasteiger partial charge in [-0.05, 0) is 44.6 Å². The van der Waals surface area contributed by atoms with Crippen molar-refractivity contribution in [3.63, 3.8) is 0 Å². The number of rotatable bonds is 4. The summed E-state index contributed by atoms with van der Waals surface area (Å²) >= 11 is 0. The second-order valence-corrected chi connectivity index (χ2v) is 7.90. The van der Waals surface area contributed by atoms with Crippen LogP contribution in [0.1, 0.15) is 73.9 Å². The van der Waals surface area contributed by atoms with Gasteiger partial charge in [-0.15, -0.1) is 0 Å². The number of aromatic nitrogens is 2. The Bertz CT molecular complexity index is 704. The number of hydrogen-bond acceptors (Lipinski definition) is 3. The van der Waals surface area contributed by atoms with E-state index in [2.05, 4.69) is 48.2 Å². The van der Waals surface area contributed by atoms with Gasteiger partial charge in [0.25, 0.3) is 0 Å². The zero-order chi connectivity index (χ0) is 16.1. The quantitative estimate of drug-likeness (QED) is 0.824. The summed E-state index contributed by atoms with van der Waals surface area (Å²) in [4.78, 5) is 12.4. The van der Waals surface area contributed by atoms with Crippen molar-refractivity contribution in [2.45, 2.75) is 62.8 Å². The Morgan fingerprint density at radius 1 is 0.917 bits per heavy atom. The van der Waals surface area contributed by atoms with Crippen molar-refractivity contribution in [1.29, 1.82) is 0 Å². The van der Waals surface area contributed by atoms with Crippen LogP contribution >= 0.6 is 0 Å². The molecule has 1 aromatic heterocycles. The average molecular weight is 319 g/mol. The fraction of sp³-hybridized carbons (Fsp3) is 0.524. The van der Waals surface area contributed by atoms with Gasteiger partial charge < -0.3 is 4.90 Å². The van der Waals surface area contributed by atoms with E-state index in [1.165, 1.54) is 49.2 Å². The van der Waals surface area contributed by atoms with E-state index >= 15 is 0 Å². The molecule has 0 bridgehead atoms. The molecule has 1 aliphatic heterocycles. The molecule has 24 heavy (non-hydrogen) atoms. The Kier molecular flexibility index (Phi) is 3.36. The predicted octanol–water partition coefficient (Wildman–Crippen LogP) is 4.61. The third-order valence-corrected chi connectivity index (χ3v) is 5.83. The molecule has 0 N–H and O–H groups in total. The Hall–Kier alpha value is -1.90. The maximum Gasteiger partial charge on any atom is 0.134 e. The van der Waals surface area contributed by atoms with Gasteiger partial charge in [-0.1, -0.05) is 30.3 Å². The highest BCUT2D eigenvalue weighted by atomic mass is 15.2. The van der Waals surface area contributed by atoms with Crippen LogP contribution in [-0.2, 0) is 0 Å². The summed E-state index contributed by atoms with van der Waals surface area (Å²) in [6, 6.07) is 13.8. The molecule has 5 rings (SSSR count). The van der Waals surface area contributed by atoms with Crippen molar-refractivity contribution in [3.05, 3.63) is 53.5 Å². The van der Waals surface area contributed by atoms with E-state index in [-0.39, 0.29) is 0 Å². The molecule has 2 atom stereocenters. The van der Waals surface area contributed by atoms with Crippen LogP contribution in [0.25, 0.3) is 0 Å². The molecule has 0 amide bonds. The third kappa shape index (κ3) is 2.70. The van der Waals surface area contributed by atoms with Gasteiger partial charge in [-0.2, -0.15) is 0 Å². The van der Waals surface area contributed by atoms with Gasteiger partial charge in [0.15, 0.2) is 0 Å². The Morgan fingerprint density at radius 3 is 2.38 bits per heavy atom.